The van der Waals surface area contributed by atoms with Gasteiger partial charge in [-0.15, -0.1) is 0 Å². The molecule has 0 aliphatic carbocycles. The van der Waals surface area contributed by atoms with Crippen LogP contribution in [0.15, 0.2) is 54.9 Å². The molecule has 5 aromatic rings. The van der Waals surface area contributed by atoms with Crippen molar-refractivity contribution in [1.82, 2.24) is 44.8 Å². The number of benzene rings is 1. The molecule has 4 aromatic heterocycles. The van der Waals surface area contributed by atoms with Gasteiger partial charge in [-0.1, -0.05) is 32.0 Å². The third-order valence-corrected chi connectivity index (χ3v) is 8.53. The molecule has 0 spiro atoms. The van der Waals surface area contributed by atoms with E-state index in [1.54, 1.807) is 15.6 Å². The van der Waals surface area contributed by atoms with Gasteiger partial charge in [0.1, 0.15) is 29.0 Å². The normalized spacial score (nSPS) is 18.4. The van der Waals surface area contributed by atoms with Crippen LogP contribution in [0.2, 0.25) is 0 Å². The zero-order valence-corrected chi connectivity index (χ0v) is 26.8. The van der Waals surface area contributed by atoms with E-state index in [9.17, 15) is 14.4 Å². The fraction of sp³-hybridized carbons (Fsp3) is 0.412. The van der Waals surface area contributed by atoms with E-state index in [0.717, 1.165) is 27.5 Å². The van der Waals surface area contributed by atoms with Crippen molar-refractivity contribution in [2.45, 2.75) is 65.1 Å². The molecule has 2 atom stereocenters. The highest BCUT2D eigenvalue weighted by atomic mass is 16.2. The van der Waals surface area contributed by atoms with Gasteiger partial charge in [0, 0.05) is 61.7 Å². The lowest BCUT2D eigenvalue weighted by Gasteiger charge is -2.27. The van der Waals surface area contributed by atoms with Crippen molar-refractivity contribution in [2.75, 3.05) is 13.1 Å². The van der Waals surface area contributed by atoms with E-state index < -0.39 is 12.1 Å². The number of carbonyl (C=O) groups is 3. The number of H-pyrrole nitrogens is 1. The predicted octanol–water partition coefficient (Wildman–Crippen LogP) is 3.82. The number of hydrogen-bond donors (Lipinski definition) is 3. The molecule has 12 nitrogen and oxygen atoms in total. The summed E-state index contributed by atoms with van der Waals surface area (Å²) < 4.78 is 3.69. The molecular formula is C34H41N9O3. The Labute approximate surface area is 267 Å². The molecule has 3 N–H and O–H groups in total. The van der Waals surface area contributed by atoms with Crippen LogP contribution in [0.25, 0.3) is 21.9 Å². The van der Waals surface area contributed by atoms with Crippen molar-refractivity contribution in [3.8, 4) is 0 Å². The molecule has 5 heterocycles. The van der Waals surface area contributed by atoms with Gasteiger partial charge in [0.2, 0.25) is 11.8 Å². The number of fused-ring (bicyclic) bond motifs is 3. The van der Waals surface area contributed by atoms with E-state index in [1.807, 2.05) is 67.3 Å². The zero-order chi connectivity index (χ0) is 32.4. The van der Waals surface area contributed by atoms with E-state index >= 15 is 0 Å². The third-order valence-electron chi connectivity index (χ3n) is 8.53. The van der Waals surface area contributed by atoms with Gasteiger partial charge in [-0.3, -0.25) is 14.4 Å². The average Bonchev–Trinajstić information content (AvgIpc) is 3.73. The summed E-state index contributed by atoms with van der Waals surface area (Å²) in [6.07, 6.45) is 5.34. The van der Waals surface area contributed by atoms with Gasteiger partial charge in [0.15, 0.2) is 0 Å². The van der Waals surface area contributed by atoms with Crippen LogP contribution in [0.4, 0.5) is 0 Å². The van der Waals surface area contributed by atoms with E-state index in [1.165, 1.54) is 0 Å². The molecule has 46 heavy (non-hydrogen) atoms. The Morgan fingerprint density at radius 1 is 1.00 bits per heavy atom. The maximum atomic E-state index is 13.9. The first-order valence-electron chi connectivity index (χ1n) is 15.9. The van der Waals surface area contributed by atoms with Crippen molar-refractivity contribution in [3.05, 3.63) is 77.8 Å². The number of hydrogen-bond acceptors (Lipinski definition) is 6. The molecule has 0 saturated carbocycles. The second-order valence-electron chi connectivity index (χ2n) is 12.5. The third kappa shape index (κ3) is 6.65. The standard InChI is InChI=1S/C34H41N9O3/c1-21(2)18-28-32-36-22(3)40-43(32)17-16-42(34(46)27-12-11-23-13-15-41(4)31(23)38-27)14-7-10-30(44)37-29(33(45)39-28)19-24-20-35-26-9-6-5-8-25(24)26/h5-6,8-9,11-13,15,20-21,28-29,35H,7,10,14,16-19H2,1-4H3,(H,37,44)(H,39,45)/t28-,29+/m0/s1. The molecule has 0 radical (unpaired) electrons. The Bertz CT molecular complexity index is 1880. The number of amides is 3. The number of aryl methyl sites for hydroxylation is 2. The predicted molar refractivity (Wildman–Crippen MR) is 175 cm³/mol. The largest absolute Gasteiger partial charge is 0.361 e. The molecule has 1 aromatic carbocycles. The second kappa shape index (κ2) is 13.2. The van der Waals surface area contributed by atoms with Crippen molar-refractivity contribution in [1.29, 1.82) is 0 Å². The number of rotatable bonds is 5. The van der Waals surface area contributed by atoms with Gasteiger partial charge in [-0.05, 0) is 55.5 Å². The molecule has 3 amide bonds. The fourth-order valence-corrected chi connectivity index (χ4v) is 6.24. The highest BCUT2D eigenvalue weighted by Crippen LogP contribution is 2.23. The number of nitrogens with zero attached hydrogens (tertiary/aromatic N) is 6. The van der Waals surface area contributed by atoms with Crippen molar-refractivity contribution >= 4 is 39.7 Å². The summed E-state index contributed by atoms with van der Waals surface area (Å²) in [6.45, 7) is 7.07. The fourth-order valence-electron chi connectivity index (χ4n) is 6.24. The van der Waals surface area contributed by atoms with Crippen molar-refractivity contribution in [3.63, 3.8) is 0 Å². The summed E-state index contributed by atoms with van der Waals surface area (Å²) in [6, 6.07) is 12.3. The van der Waals surface area contributed by atoms with Crippen molar-refractivity contribution < 1.29 is 14.4 Å². The minimum absolute atomic E-state index is 0.162. The minimum atomic E-state index is -0.805. The number of aromatic amines is 1. The Kier molecular flexibility index (Phi) is 8.87. The first-order chi connectivity index (χ1) is 22.2. The van der Waals surface area contributed by atoms with Crippen LogP contribution in [-0.2, 0) is 29.6 Å². The van der Waals surface area contributed by atoms with E-state index in [-0.39, 0.29) is 30.1 Å². The van der Waals surface area contributed by atoms with Crippen LogP contribution < -0.4 is 10.6 Å². The number of pyridine rings is 1. The molecule has 0 fully saturated rings. The SMILES string of the molecule is Cc1nc2n(n1)CCN(C(=O)c1ccc3ccn(C)c3n1)CCCC(=O)N[C@H](Cc1c[nH]c3ccccc13)C(=O)N[C@H]2CC(C)C. The molecule has 1 aliphatic heterocycles. The summed E-state index contributed by atoms with van der Waals surface area (Å²) in [5.74, 6) is 0.732. The van der Waals surface area contributed by atoms with Gasteiger partial charge >= 0.3 is 0 Å². The smallest absolute Gasteiger partial charge is 0.272 e. The lowest BCUT2D eigenvalue weighted by atomic mass is 10.0. The number of aromatic nitrogens is 6. The first kappa shape index (κ1) is 31.0. The molecular weight excluding hydrogens is 582 g/mol. The topological polar surface area (TPSA) is 143 Å². The van der Waals surface area contributed by atoms with Gasteiger partial charge in [-0.25, -0.2) is 14.6 Å². The molecule has 12 heteroatoms. The molecule has 0 unspecified atom stereocenters. The van der Waals surface area contributed by atoms with Crippen LogP contribution in [0.5, 0.6) is 0 Å². The highest BCUT2D eigenvalue weighted by molar-refractivity contribution is 5.94. The minimum Gasteiger partial charge on any atom is -0.361 e. The quantitative estimate of drug-likeness (QED) is 0.272. The lowest BCUT2D eigenvalue weighted by molar-refractivity contribution is -0.129. The van der Waals surface area contributed by atoms with E-state index in [4.69, 9.17) is 4.98 Å². The maximum Gasteiger partial charge on any atom is 0.272 e. The van der Waals surface area contributed by atoms with Crippen LogP contribution >= 0.6 is 0 Å². The van der Waals surface area contributed by atoms with Crippen LogP contribution in [0.1, 0.15) is 66.9 Å². The van der Waals surface area contributed by atoms with Crippen LogP contribution in [0.3, 0.4) is 0 Å². The summed E-state index contributed by atoms with van der Waals surface area (Å²) >= 11 is 0. The average molecular weight is 624 g/mol. The second-order valence-corrected chi connectivity index (χ2v) is 12.5. The summed E-state index contributed by atoms with van der Waals surface area (Å²) in [5.41, 5.74) is 2.99. The first-order valence-corrected chi connectivity index (χ1v) is 15.9. The van der Waals surface area contributed by atoms with Crippen LogP contribution in [-0.4, -0.2) is 71.1 Å². The molecule has 240 valence electrons. The van der Waals surface area contributed by atoms with Gasteiger partial charge in [0.25, 0.3) is 5.91 Å². The molecule has 0 saturated heterocycles. The van der Waals surface area contributed by atoms with Crippen LogP contribution in [0, 0.1) is 12.8 Å². The number of nitrogens with one attached hydrogen (secondary N) is 3. The summed E-state index contributed by atoms with van der Waals surface area (Å²) in [4.78, 5) is 55.5. The van der Waals surface area contributed by atoms with Gasteiger partial charge in [0.05, 0.1) is 12.6 Å². The Hall–Kier alpha value is -5.00. The van der Waals surface area contributed by atoms with Gasteiger partial charge in [-0.2, -0.15) is 5.10 Å². The maximum absolute atomic E-state index is 13.9. The molecule has 0 bridgehead atoms. The van der Waals surface area contributed by atoms with Gasteiger partial charge < -0.3 is 25.1 Å². The number of para-hydroxylation sites is 1. The lowest BCUT2D eigenvalue weighted by Crippen LogP contribution is -2.49. The molecule has 6 rings (SSSR count). The van der Waals surface area contributed by atoms with Crippen molar-refractivity contribution in [2.24, 2.45) is 13.0 Å². The Morgan fingerprint density at radius 2 is 1.83 bits per heavy atom. The zero-order valence-electron chi connectivity index (χ0n) is 26.8. The Morgan fingerprint density at radius 3 is 2.65 bits per heavy atom. The summed E-state index contributed by atoms with van der Waals surface area (Å²) in [5, 5.41) is 12.8. The molecule has 1 aliphatic rings. The summed E-state index contributed by atoms with van der Waals surface area (Å²) in [7, 11) is 1.90. The Balaban J connectivity index is 1.32. The van der Waals surface area contributed by atoms with E-state index in [2.05, 4.69) is 39.5 Å². The monoisotopic (exact) mass is 623 g/mol. The highest BCUT2D eigenvalue weighted by Gasteiger charge is 2.29. The van der Waals surface area contributed by atoms with E-state index in [0.29, 0.717) is 56.2 Å². The number of carbonyl (C=O) groups excluding carboxylic acids is 3.